The maximum atomic E-state index is 9.30. The summed E-state index contributed by atoms with van der Waals surface area (Å²) in [5.41, 5.74) is 3.55. The summed E-state index contributed by atoms with van der Waals surface area (Å²) in [5, 5.41) is 26.0. The van der Waals surface area contributed by atoms with Gasteiger partial charge in [-0.15, -0.1) is 0 Å². The summed E-state index contributed by atoms with van der Waals surface area (Å²) in [7, 11) is 0. The molecular weight excluding hydrogens is 278 g/mol. The second-order valence-electron chi connectivity index (χ2n) is 4.72. The topological polar surface area (TPSA) is 70.3 Å². The number of benzene rings is 1. The molecule has 0 saturated carbocycles. The maximum absolute atomic E-state index is 9.30. The number of nitrogens with one attached hydrogen (secondary N) is 1. The third kappa shape index (κ3) is 3.30. The van der Waals surface area contributed by atoms with Gasteiger partial charge in [-0.1, -0.05) is 11.6 Å². The van der Waals surface area contributed by atoms with Crippen LogP contribution in [0.4, 0.5) is 5.69 Å². The molecule has 6 heteroatoms. The summed E-state index contributed by atoms with van der Waals surface area (Å²) in [5.74, 6) is 0. The molecule has 5 nitrogen and oxygen atoms in total. The molecule has 0 fully saturated rings. The van der Waals surface area contributed by atoms with Crippen LogP contribution in [-0.2, 0) is 0 Å². The summed E-state index contributed by atoms with van der Waals surface area (Å²) >= 11 is 6.28. The molecule has 1 aromatic heterocycles. The van der Waals surface area contributed by atoms with Crippen LogP contribution in [0.15, 0.2) is 24.3 Å². The fourth-order valence-electron chi connectivity index (χ4n) is 1.96. The zero-order valence-electron chi connectivity index (χ0n) is 11.5. The highest BCUT2D eigenvalue weighted by Crippen LogP contribution is 2.25. The minimum Gasteiger partial charge on any atom is -0.394 e. The van der Waals surface area contributed by atoms with Crippen LogP contribution in [0, 0.1) is 13.8 Å². The van der Waals surface area contributed by atoms with Gasteiger partial charge in [0.2, 0.25) is 0 Å². The molecule has 0 aliphatic carbocycles. The molecule has 20 heavy (non-hydrogen) atoms. The third-order valence-corrected chi connectivity index (χ3v) is 3.24. The van der Waals surface area contributed by atoms with Gasteiger partial charge >= 0.3 is 0 Å². The van der Waals surface area contributed by atoms with Crippen LogP contribution < -0.4 is 5.32 Å². The number of rotatable bonds is 5. The van der Waals surface area contributed by atoms with Gasteiger partial charge in [0.1, 0.15) is 0 Å². The smallest absolute Gasteiger partial charge is 0.0942 e. The van der Waals surface area contributed by atoms with E-state index in [0.29, 0.717) is 5.02 Å². The van der Waals surface area contributed by atoms with Gasteiger partial charge in [-0.2, -0.15) is 5.10 Å². The van der Waals surface area contributed by atoms with Crippen molar-refractivity contribution in [3.63, 3.8) is 0 Å². The molecule has 2 rings (SSSR count). The predicted octanol–water partition coefficient (Wildman–Crippen LogP) is 1.91. The number of aliphatic hydroxyl groups excluding tert-OH is 2. The highest BCUT2D eigenvalue weighted by molar-refractivity contribution is 6.32. The Balaban J connectivity index is 2.20. The molecule has 0 bridgehead atoms. The Hall–Kier alpha value is -1.56. The molecular formula is C14H18ClN3O2. The monoisotopic (exact) mass is 295 g/mol. The van der Waals surface area contributed by atoms with Gasteiger partial charge in [-0.25, -0.2) is 4.68 Å². The fourth-order valence-corrected chi connectivity index (χ4v) is 2.22. The van der Waals surface area contributed by atoms with Crippen molar-refractivity contribution in [3.05, 3.63) is 40.7 Å². The lowest BCUT2D eigenvalue weighted by Gasteiger charge is -2.12. The van der Waals surface area contributed by atoms with Crippen LogP contribution >= 0.6 is 11.6 Å². The number of halogens is 1. The van der Waals surface area contributed by atoms with Crippen molar-refractivity contribution < 1.29 is 10.2 Å². The van der Waals surface area contributed by atoms with Crippen molar-refractivity contribution in [2.45, 2.75) is 20.0 Å². The van der Waals surface area contributed by atoms with Crippen LogP contribution in [0.25, 0.3) is 5.69 Å². The van der Waals surface area contributed by atoms with Crippen molar-refractivity contribution in [3.8, 4) is 5.69 Å². The molecule has 2 aromatic rings. The average molecular weight is 296 g/mol. The van der Waals surface area contributed by atoms with Crippen molar-refractivity contribution >= 4 is 17.3 Å². The van der Waals surface area contributed by atoms with Crippen LogP contribution in [0.2, 0.25) is 5.02 Å². The standard InChI is InChI=1S/C14H18ClN3O2/c1-9-5-10(2)18(17-9)14-4-3-11(6-13(14)15)16-7-12(20)8-19/h3-6,12,16,19-20H,7-8H2,1-2H3. The molecule has 0 amide bonds. The third-order valence-electron chi connectivity index (χ3n) is 2.94. The number of aliphatic hydroxyl groups is 2. The van der Waals surface area contributed by atoms with E-state index in [1.165, 1.54) is 0 Å². The van der Waals surface area contributed by atoms with E-state index in [-0.39, 0.29) is 13.2 Å². The Morgan fingerprint density at radius 1 is 1.35 bits per heavy atom. The Morgan fingerprint density at radius 3 is 2.65 bits per heavy atom. The number of aryl methyl sites for hydroxylation is 2. The van der Waals surface area contributed by atoms with E-state index in [2.05, 4.69) is 10.4 Å². The van der Waals surface area contributed by atoms with Crippen LogP contribution in [0.3, 0.4) is 0 Å². The molecule has 1 unspecified atom stereocenters. The second kappa shape index (κ2) is 6.26. The minimum atomic E-state index is -0.788. The number of hydrogen-bond donors (Lipinski definition) is 3. The average Bonchev–Trinajstić information content (AvgIpc) is 2.75. The van der Waals surface area contributed by atoms with Gasteiger partial charge in [0, 0.05) is 17.9 Å². The Labute approximate surface area is 122 Å². The van der Waals surface area contributed by atoms with Crippen molar-refractivity contribution in [2.24, 2.45) is 0 Å². The molecule has 108 valence electrons. The molecule has 0 spiro atoms. The van der Waals surface area contributed by atoms with Gasteiger partial charge in [-0.05, 0) is 38.1 Å². The van der Waals surface area contributed by atoms with Crippen molar-refractivity contribution in [2.75, 3.05) is 18.5 Å². The first-order chi connectivity index (χ1) is 9.51. The first-order valence-corrected chi connectivity index (χ1v) is 6.75. The van der Waals surface area contributed by atoms with Gasteiger partial charge in [0.15, 0.2) is 0 Å². The van der Waals surface area contributed by atoms with Gasteiger partial charge < -0.3 is 15.5 Å². The zero-order chi connectivity index (χ0) is 14.7. The number of aromatic nitrogens is 2. The zero-order valence-corrected chi connectivity index (χ0v) is 12.2. The lowest BCUT2D eigenvalue weighted by Crippen LogP contribution is -2.22. The van der Waals surface area contributed by atoms with Crippen molar-refractivity contribution in [1.29, 1.82) is 0 Å². The Kier molecular flexibility index (Phi) is 4.65. The van der Waals surface area contributed by atoms with E-state index in [1.807, 2.05) is 32.0 Å². The van der Waals surface area contributed by atoms with Gasteiger partial charge in [0.05, 0.1) is 29.1 Å². The quantitative estimate of drug-likeness (QED) is 0.788. The van der Waals surface area contributed by atoms with Crippen LogP contribution in [0.5, 0.6) is 0 Å². The largest absolute Gasteiger partial charge is 0.394 e. The molecule has 0 aliphatic heterocycles. The SMILES string of the molecule is Cc1cc(C)n(-c2ccc(NCC(O)CO)cc2Cl)n1. The molecule has 0 radical (unpaired) electrons. The molecule has 0 saturated heterocycles. The first kappa shape index (κ1) is 14.8. The molecule has 1 atom stereocenters. The molecule has 0 aliphatic rings. The lowest BCUT2D eigenvalue weighted by molar-refractivity contribution is 0.105. The Morgan fingerprint density at radius 2 is 2.10 bits per heavy atom. The summed E-state index contributed by atoms with van der Waals surface area (Å²) in [4.78, 5) is 0. The van der Waals surface area contributed by atoms with Gasteiger partial charge in [-0.3, -0.25) is 0 Å². The summed E-state index contributed by atoms with van der Waals surface area (Å²) in [6.07, 6.45) is -0.788. The van der Waals surface area contributed by atoms with E-state index in [4.69, 9.17) is 16.7 Å². The van der Waals surface area contributed by atoms with E-state index in [1.54, 1.807) is 10.7 Å². The van der Waals surface area contributed by atoms with Crippen molar-refractivity contribution in [1.82, 2.24) is 9.78 Å². The second-order valence-corrected chi connectivity index (χ2v) is 5.13. The lowest BCUT2D eigenvalue weighted by atomic mass is 10.2. The van der Waals surface area contributed by atoms with Crippen LogP contribution in [0.1, 0.15) is 11.4 Å². The number of hydrogen-bond acceptors (Lipinski definition) is 4. The normalized spacial score (nSPS) is 12.4. The predicted molar refractivity (Wildman–Crippen MR) is 79.6 cm³/mol. The molecule has 1 heterocycles. The van der Waals surface area contributed by atoms with Gasteiger partial charge in [0.25, 0.3) is 0 Å². The maximum Gasteiger partial charge on any atom is 0.0942 e. The van der Waals surface area contributed by atoms with Crippen LogP contribution in [-0.4, -0.2) is 39.2 Å². The number of nitrogens with zero attached hydrogens (tertiary/aromatic N) is 2. The highest BCUT2D eigenvalue weighted by atomic mass is 35.5. The van der Waals surface area contributed by atoms with E-state index in [0.717, 1.165) is 22.8 Å². The summed E-state index contributed by atoms with van der Waals surface area (Å²) < 4.78 is 1.80. The summed E-state index contributed by atoms with van der Waals surface area (Å²) in [6, 6.07) is 7.49. The van der Waals surface area contributed by atoms with E-state index < -0.39 is 6.10 Å². The first-order valence-electron chi connectivity index (χ1n) is 6.37. The minimum absolute atomic E-state index is 0.270. The van der Waals surface area contributed by atoms with E-state index in [9.17, 15) is 5.11 Å². The fraction of sp³-hybridized carbons (Fsp3) is 0.357. The highest BCUT2D eigenvalue weighted by Gasteiger charge is 2.09. The summed E-state index contributed by atoms with van der Waals surface area (Å²) in [6.45, 7) is 3.90. The Bertz CT molecular complexity index is 598. The van der Waals surface area contributed by atoms with E-state index >= 15 is 0 Å². The number of anilines is 1. The molecule has 3 N–H and O–H groups in total. The molecule has 1 aromatic carbocycles.